The van der Waals surface area contributed by atoms with Crippen LogP contribution in [0, 0.1) is 13.8 Å². The van der Waals surface area contributed by atoms with Crippen molar-refractivity contribution >= 4 is 21.6 Å². The number of fused-ring (bicyclic) bond motifs is 1. The Labute approximate surface area is 172 Å². The maximum Gasteiger partial charge on any atom is 0.259 e. The first kappa shape index (κ1) is 19.4. The standard InChI is InChI=1S/C21H23N5O2S/c1-13-14(2)29-21-19(13)20(27)24-17(25-21)8-9-22-12-18-23-10-11-26(18)15-4-6-16(28-3)7-5-15/h4-7,10-11,22H,8-9,12H2,1-3H3,(H,24,25,27). The lowest BCUT2D eigenvalue weighted by molar-refractivity contribution is 0.414. The van der Waals surface area contributed by atoms with Gasteiger partial charge in [-0.05, 0) is 43.7 Å². The minimum absolute atomic E-state index is 0.0538. The average Bonchev–Trinajstić information content (AvgIpc) is 3.30. The molecule has 3 aromatic heterocycles. The number of hydrogen-bond donors (Lipinski definition) is 2. The molecule has 0 saturated heterocycles. The fraction of sp³-hybridized carbons (Fsp3) is 0.286. The lowest BCUT2D eigenvalue weighted by atomic mass is 10.2. The van der Waals surface area contributed by atoms with Crippen molar-refractivity contribution in [2.45, 2.75) is 26.8 Å². The minimum atomic E-state index is -0.0538. The lowest BCUT2D eigenvalue weighted by Gasteiger charge is -2.10. The van der Waals surface area contributed by atoms with Gasteiger partial charge < -0.3 is 19.6 Å². The average molecular weight is 410 g/mol. The highest BCUT2D eigenvalue weighted by Crippen LogP contribution is 2.25. The number of aromatic amines is 1. The summed E-state index contributed by atoms with van der Waals surface area (Å²) in [5, 5.41) is 4.10. The number of imidazole rings is 1. The van der Waals surface area contributed by atoms with Gasteiger partial charge in [-0.2, -0.15) is 0 Å². The van der Waals surface area contributed by atoms with Gasteiger partial charge in [0.05, 0.1) is 19.0 Å². The molecular formula is C21H23N5O2S. The first-order chi connectivity index (χ1) is 14.1. The van der Waals surface area contributed by atoms with E-state index in [2.05, 4.69) is 20.3 Å². The second kappa shape index (κ2) is 8.18. The highest BCUT2D eigenvalue weighted by Gasteiger charge is 2.12. The van der Waals surface area contributed by atoms with E-state index >= 15 is 0 Å². The lowest BCUT2D eigenvalue weighted by Crippen LogP contribution is -2.21. The second-order valence-corrected chi connectivity index (χ2v) is 8.02. The SMILES string of the molecule is COc1ccc(-n2ccnc2CNCCc2nc3sc(C)c(C)c3c(=O)[nH]2)cc1. The van der Waals surface area contributed by atoms with Crippen molar-refractivity contribution in [1.82, 2.24) is 24.8 Å². The van der Waals surface area contributed by atoms with E-state index in [0.717, 1.165) is 32.5 Å². The fourth-order valence-electron chi connectivity index (χ4n) is 3.27. The molecule has 0 radical (unpaired) electrons. The van der Waals surface area contributed by atoms with Gasteiger partial charge in [0.25, 0.3) is 5.56 Å². The van der Waals surface area contributed by atoms with Crippen LogP contribution in [0.15, 0.2) is 41.5 Å². The summed E-state index contributed by atoms with van der Waals surface area (Å²) in [4.78, 5) is 26.3. The Morgan fingerprint density at radius 2 is 2.03 bits per heavy atom. The molecule has 4 rings (SSSR count). The Morgan fingerprint density at radius 1 is 1.24 bits per heavy atom. The Morgan fingerprint density at radius 3 is 2.79 bits per heavy atom. The summed E-state index contributed by atoms with van der Waals surface area (Å²) in [7, 11) is 1.65. The number of hydrogen-bond acceptors (Lipinski definition) is 6. The fourth-order valence-corrected chi connectivity index (χ4v) is 4.32. The van der Waals surface area contributed by atoms with Gasteiger partial charge in [-0.1, -0.05) is 0 Å². The Bertz CT molecular complexity index is 1190. The molecule has 8 heteroatoms. The van der Waals surface area contributed by atoms with Gasteiger partial charge >= 0.3 is 0 Å². The zero-order chi connectivity index (χ0) is 20.4. The van der Waals surface area contributed by atoms with E-state index in [1.165, 1.54) is 0 Å². The molecule has 0 aliphatic rings. The van der Waals surface area contributed by atoms with Crippen molar-refractivity contribution in [3.8, 4) is 11.4 Å². The van der Waals surface area contributed by atoms with Gasteiger partial charge in [0.2, 0.25) is 0 Å². The number of rotatable bonds is 7. The van der Waals surface area contributed by atoms with Crippen LogP contribution in [-0.2, 0) is 13.0 Å². The number of methoxy groups -OCH3 is 1. The summed E-state index contributed by atoms with van der Waals surface area (Å²) in [6.45, 7) is 5.29. The third-order valence-electron chi connectivity index (χ3n) is 4.98. The van der Waals surface area contributed by atoms with E-state index in [1.807, 2.05) is 48.9 Å². The summed E-state index contributed by atoms with van der Waals surface area (Å²) < 4.78 is 7.25. The van der Waals surface area contributed by atoms with Gasteiger partial charge in [0, 0.05) is 35.9 Å². The molecule has 0 fully saturated rings. The molecule has 4 aromatic rings. The maximum atomic E-state index is 12.4. The molecule has 0 amide bonds. The number of H-pyrrole nitrogens is 1. The number of aryl methyl sites for hydroxylation is 2. The van der Waals surface area contributed by atoms with Crippen LogP contribution >= 0.6 is 11.3 Å². The van der Waals surface area contributed by atoms with Crippen LogP contribution in [0.4, 0.5) is 0 Å². The molecule has 0 spiro atoms. The predicted molar refractivity (Wildman–Crippen MR) is 115 cm³/mol. The number of ether oxygens (including phenoxy) is 1. The third-order valence-corrected chi connectivity index (χ3v) is 6.08. The summed E-state index contributed by atoms with van der Waals surface area (Å²) in [5.74, 6) is 2.44. The van der Waals surface area contributed by atoms with Crippen LogP contribution < -0.4 is 15.6 Å². The number of aromatic nitrogens is 4. The number of nitrogens with zero attached hydrogens (tertiary/aromatic N) is 3. The van der Waals surface area contributed by atoms with E-state index < -0.39 is 0 Å². The van der Waals surface area contributed by atoms with Crippen molar-refractivity contribution in [3.05, 3.63) is 69.1 Å². The van der Waals surface area contributed by atoms with Crippen LogP contribution in [0.25, 0.3) is 15.9 Å². The molecule has 150 valence electrons. The van der Waals surface area contributed by atoms with Crippen LogP contribution in [0.1, 0.15) is 22.1 Å². The first-order valence-corrected chi connectivity index (χ1v) is 10.2. The molecule has 1 aromatic carbocycles. The largest absolute Gasteiger partial charge is 0.497 e. The molecule has 2 N–H and O–H groups in total. The van der Waals surface area contributed by atoms with Crippen LogP contribution in [0.2, 0.25) is 0 Å². The molecule has 0 aliphatic heterocycles. The zero-order valence-corrected chi connectivity index (χ0v) is 17.5. The molecule has 0 aliphatic carbocycles. The summed E-state index contributed by atoms with van der Waals surface area (Å²) in [6.07, 6.45) is 4.37. The van der Waals surface area contributed by atoms with E-state index in [1.54, 1.807) is 24.6 Å². The van der Waals surface area contributed by atoms with Crippen molar-refractivity contribution in [1.29, 1.82) is 0 Å². The van der Waals surface area contributed by atoms with Gasteiger partial charge in [-0.15, -0.1) is 11.3 Å². The molecule has 0 bridgehead atoms. The summed E-state index contributed by atoms with van der Waals surface area (Å²) >= 11 is 1.57. The normalized spacial score (nSPS) is 11.3. The van der Waals surface area contributed by atoms with Crippen LogP contribution in [-0.4, -0.2) is 33.2 Å². The molecule has 7 nitrogen and oxygen atoms in total. The van der Waals surface area contributed by atoms with Crippen molar-refractivity contribution in [3.63, 3.8) is 0 Å². The predicted octanol–water partition coefficient (Wildman–Crippen LogP) is 3.13. The molecule has 0 unspecified atom stereocenters. The third kappa shape index (κ3) is 3.94. The second-order valence-electron chi connectivity index (χ2n) is 6.81. The highest BCUT2D eigenvalue weighted by atomic mass is 32.1. The molecule has 29 heavy (non-hydrogen) atoms. The van der Waals surface area contributed by atoms with E-state index in [-0.39, 0.29) is 5.56 Å². The zero-order valence-electron chi connectivity index (χ0n) is 16.7. The summed E-state index contributed by atoms with van der Waals surface area (Å²) in [6, 6.07) is 7.86. The van der Waals surface area contributed by atoms with E-state index in [4.69, 9.17) is 4.74 Å². The minimum Gasteiger partial charge on any atom is -0.497 e. The topological polar surface area (TPSA) is 84.8 Å². The quantitative estimate of drug-likeness (QED) is 0.458. The molecule has 0 saturated carbocycles. The number of thiophene rings is 1. The van der Waals surface area contributed by atoms with Gasteiger partial charge in [0.1, 0.15) is 22.2 Å². The van der Waals surface area contributed by atoms with Crippen LogP contribution in [0.3, 0.4) is 0 Å². The molecular weight excluding hydrogens is 386 g/mol. The number of nitrogens with one attached hydrogen (secondary N) is 2. The van der Waals surface area contributed by atoms with E-state index in [9.17, 15) is 4.79 Å². The maximum absolute atomic E-state index is 12.4. The van der Waals surface area contributed by atoms with Crippen molar-refractivity contribution in [2.75, 3.05) is 13.7 Å². The summed E-state index contributed by atoms with van der Waals surface area (Å²) in [5.41, 5.74) is 2.00. The van der Waals surface area contributed by atoms with Crippen molar-refractivity contribution in [2.24, 2.45) is 0 Å². The van der Waals surface area contributed by atoms with Crippen molar-refractivity contribution < 1.29 is 4.74 Å². The smallest absolute Gasteiger partial charge is 0.259 e. The van der Waals surface area contributed by atoms with Gasteiger partial charge in [0.15, 0.2) is 0 Å². The Kier molecular flexibility index (Phi) is 5.46. The van der Waals surface area contributed by atoms with Gasteiger partial charge in [-0.25, -0.2) is 9.97 Å². The Balaban J connectivity index is 1.40. The Hall–Kier alpha value is -2.97. The number of benzene rings is 1. The highest BCUT2D eigenvalue weighted by molar-refractivity contribution is 7.18. The van der Waals surface area contributed by atoms with Crippen LogP contribution in [0.5, 0.6) is 5.75 Å². The van der Waals surface area contributed by atoms with E-state index in [0.29, 0.717) is 30.7 Å². The molecule has 0 atom stereocenters. The van der Waals surface area contributed by atoms with Gasteiger partial charge in [-0.3, -0.25) is 4.79 Å². The molecule has 3 heterocycles. The monoisotopic (exact) mass is 409 g/mol. The first-order valence-electron chi connectivity index (χ1n) is 9.43.